The van der Waals surface area contributed by atoms with Crippen LogP contribution in [0.1, 0.15) is 22.5 Å². The first-order chi connectivity index (χ1) is 18.6. The van der Waals surface area contributed by atoms with Crippen LogP contribution < -0.4 is 15.0 Å². The van der Waals surface area contributed by atoms with Crippen molar-refractivity contribution < 1.29 is 4.74 Å². The lowest BCUT2D eigenvalue weighted by Gasteiger charge is -2.34. The summed E-state index contributed by atoms with van der Waals surface area (Å²) in [5, 5.41) is 8.29. The topological polar surface area (TPSA) is 71.3 Å². The molecule has 2 aliphatic rings. The van der Waals surface area contributed by atoms with Gasteiger partial charge in [0.25, 0.3) is 0 Å². The number of methoxy groups -OCH3 is 1. The fraction of sp³-hybridized carbons (Fsp3) is 0.367. The van der Waals surface area contributed by atoms with Crippen molar-refractivity contribution in [2.75, 3.05) is 50.6 Å². The van der Waals surface area contributed by atoms with Crippen molar-refractivity contribution in [1.29, 1.82) is 0 Å². The third-order valence-corrected chi connectivity index (χ3v) is 7.76. The second kappa shape index (κ2) is 10.5. The highest BCUT2D eigenvalue weighted by Gasteiger charge is 2.26. The summed E-state index contributed by atoms with van der Waals surface area (Å²) in [6.07, 6.45) is 5.67. The lowest BCUT2D eigenvalue weighted by Crippen LogP contribution is -2.44. The Balaban J connectivity index is 1.27. The monoisotopic (exact) mass is 509 g/mol. The van der Waals surface area contributed by atoms with Crippen molar-refractivity contribution in [1.82, 2.24) is 24.6 Å². The number of nitrogens with zero attached hydrogens (tertiary/aromatic N) is 6. The standard InChI is InChI=1S/C30H35N7O/c1-35-15-17-37(18-16-35)23-11-13-24(27(19-23)38-3)32-30-31-20-22-10-12-25-28(29(22)33-30)26(36(2)34-25)14-9-21-7-5-4-6-8-21/h4-8,11,13,19-20H,9-10,12,14-18H2,1-3H3,(H,31,32,33). The molecule has 38 heavy (non-hydrogen) atoms. The highest BCUT2D eigenvalue weighted by molar-refractivity contribution is 5.73. The van der Waals surface area contributed by atoms with Gasteiger partial charge >= 0.3 is 0 Å². The van der Waals surface area contributed by atoms with Crippen molar-refractivity contribution >= 4 is 17.3 Å². The van der Waals surface area contributed by atoms with Gasteiger partial charge in [-0.15, -0.1) is 0 Å². The van der Waals surface area contributed by atoms with Gasteiger partial charge in [0.1, 0.15) is 5.75 Å². The third kappa shape index (κ3) is 4.84. The minimum Gasteiger partial charge on any atom is -0.494 e. The lowest BCUT2D eigenvalue weighted by atomic mass is 9.92. The van der Waals surface area contributed by atoms with Crippen molar-refractivity contribution in [3.63, 3.8) is 0 Å². The molecule has 1 aliphatic heterocycles. The first-order valence-corrected chi connectivity index (χ1v) is 13.4. The molecule has 0 amide bonds. The number of aryl methyl sites for hydroxylation is 4. The summed E-state index contributed by atoms with van der Waals surface area (Å²) in [6, 6.07) is 16.9. The van der Waals surface area contributed by atoms with Gasteiger partial charge in [0.15, 0.2) is 0 Å². The van der Waals surface area contributed by atoms with Crippen LogP contribution in [0.15, 0.2) is 54.7 Å². The van der Waals surface area contributed by atoms with Crippen LogP contribution in [0.3, 0.4) is 0 Å². The van der Waals surface area contributed by atoms with E-state index in [4.69, 9.17) is 14.8 Å². The van der Waals surface area contributed by atoms with Gasteiger partial charge in [-0.1, -0.05) is 30.3 Å². The maximum absolute atomic E-state index is 5.77. The Kier molecular flexibility index (Phi) is 6.72. The SMILES string of the molecule is COc1cc(N2CCN(C)CC2)ccc1Nc1ncc2c(n1)-c1c(nn(C)c1CCc1ccccc1)CC2. The second-order valence-electron chi connectivity index (χ2n) is 10.2. The maximum atomic E-state index is 5.77. The predicted octanol–water partition coefficient (Wildman–Crippen LogP) is 4.26. The molecule has 0 bridgehead atoms. The number of fused-ring (bicyclic) bond motifs is 3. The molecule has 1 N–H and O–H groups in total. The number of anilines is 3. The molecule has 196 valence electrons. The van der Waals surface area contributed by atoms with Gasteiger partial charge in [-0.05, 0) is 56.0 Å². The maximum Gasteiger partial charge on any atom is 0.227 e. The minimum absolute atomic E-state index is 0.570. The number of rotatable bonds is 7. The largest absolute Gasteiger partial charge is 0.494 e. The highest BCUT2D eigenvalue weighted by Crippen LogP contribution is 2.37. The number of hydrogen-bond acceptors (Lipinski definition) is 7. The van der Waals surface area contributed by atoms with E-state index < -0.39 is 0 Å². The number of ether oxygens (including phenoxy) is 1. The first kappa shape index (κ1) is 24.4. The average molecular weight is 510 g/mol. The van der Waals surface area contributed by atoms with Crippen LogP contribution >= 0.6 is 0 Å². The summed E-state index contributed by atoms with van der Waals surface area (Å²) >= 11 is 0. The molecule has 4 aromatic rings. The molecule has 0 saturated carbocycles. The van der Waals surface area contributed by atoms with Crippen molar-refractivity contribution in [3.05, 3.63) is 77.2 Å². The molecule has 6 rings (SSSR count). The molecule has 1 aliphatic carbocycles. The predicted molar refractivity (Wildman–Crippen MR) is 151 cm³/mol. The Labute approximate surface area is 224 Å². The number of hydrogen-bond donors (Lipinski definition) is 1. The fourth-order valence-corrected chi connectivity index (χ4v) is 5.55. The van der Waals surface area contributed by atoms with Crippen molar-refractivity contribution in [2.45, 2.75) is 25.7 Å². The van der Waals surface area contributed by atoms with Crippen LogP contribution in [0.5, 0.6) is 5.75 Å². The van der Waals surface area contributed by atoms with Crippen LogP contribution in [-0.2, 0) is 32.7 Å². The zero-order valence-corrected chi connectivity index (χ0v) is 22.4. The molecule has 0 atom stereocenters. The number of piperazine rings is 1. The molecule has 8 heteroatoms. The van der Waals surface area contributed by atoms with Gasteiger partial charge in [-0.2, -0.15) is 5.10 Å². The molecule has 3 heterocycles. The molecule has 8 nitrogen and oxygen atoms in total. The number of nitrogens with one attached hydrogen (secondary N) is 1. The van der Waals surface area contributed by atoms with E-state index >= 15 is 0 Å². The quantitative estimate of drug-likeness (QED) is 0.399. The molecule has 1 saturated heterocycles. The Morgan fingerprint density at radius 2 is 1.76 bits per heavy atom. The average Bonchev–Trinajstić information content (AvgIpc) is 3.28. The van der Waals surface area contributed by atoms with E-state index in [0.717, 1.165) is 74.7 Å². The summed E-state index contributed by atoms with van der Waals surface area (Å²) in [5.41, 5.74) is 9.06. The third-order valence-electron chi connectivity index (χ3n) is 7.76. The van der Waals surface area contributed by atoms with E-state index in [1.165, 1.54) is 28.1 Å². The molecule has 0 spiro atoms. The van der Waals surface area contributed by atoms with Crippen LogP contribution in [0, 0.1) is 0 Å². The number of likely N-dealkylation sites (N-methyl/N-ethyl adjacent to an activating group) is 1. The van der Waals surface area contributed by atoms with Gasteiger partial charge in [-0.25, -0.2) is 9.97 Å². The normalized spacial score (nSPS) is 15.2. The van der Waals surface area contributed by atoms with Crippen molar-refractivity contribution in [3.8, 4) is 17.0 Å². The Bertz CT molecular complexity index is 1420. The summed E-state index contributed by atoms with van der Waals surface area (Å²) in [7, 11) is 5.93. The zero-order chi connectivity index (χ0) is 26.1. The molecule has 2 aromatic carbocycles. The van der Waals surface area contributed by atoms with Crippen LogP contribution in [0.4, 0.5) is 17.3 Å². The number of aromatic nitrogens is 4. The van der Waals surface area contributed by atoms with E-state index in [0.29, 0.717) is 5.95 Å². The van der Waals surface area contributed by atoms with Crippen LogP contribution in [-0.4, -0.2) is 65.0 Å². The van der Waals surface area contributed by atoms with Crippen molar-refractivity contribution in [2.24, 2.45) is 7.05 Å². The highest BCUT2D eigenvalue weighted by atomic mass is 16.5. The van der Waals surface area contributed by atoms with E-state index in [9.17, 15) is 0 Å². The van der Waals surface area contributed by atoms with Gasteiger partial charge in [0.05, 0.1) is 24.2 Å². The molecular weight excluding hydrogens is 474 g/mol. The second-order valence-corrected chi connectivity index (χ2v) is 10.2. The minimum atomic E-state index is 0.570. The molecular formula is C30H35N7O. The van der Waals surface area contributed by atoms with Gasteiger partial charge in [0.2, 0.25) is 5.95 Å². The van der Waals surface area contributed by atoms with E-state index in [-0.39, 0.29) is 0 Å². The zero-order valence-electron chi connectivity index (χ0n) is 22.4. The molecule has 1 fully saturated rings. The summed E-state index contributed by atoms with van der Waals surface area (Å²) in [4.78, 5) is 14.5. The number of benzene rings is 2. The van der Waals surface area contributed by atoms with Crippen LogP contribution in [0.25, 0.3) is 11.3 Å². The summed E-state index contributed by atoms with van der Waals surface area (Å²) in [6.45, 7) is 4.16. The Hall–Kier alpha value is -3.91. The van der Waals surface area contributed by atoms with E-state index in [1.807, 2.05) is 17.9 Å². The van der Waals surface area contributed by atoms with E-state index in [2.05, 4.69) is 75.7 Å². The Morgan fingerprint density at radius 1 is 0.947 bits per heavy atom. The molecule has 0 radical (unpaired) electrons. The molecule has 0 unspecified atom stereocenters. The lowest BCUT2D eigenvalue weighted by molar-refractivity contribution is 0.312. The Morgan fingerprint density at radius 3 is 2.55 bits per heavy atom. The first-order valence-electron chi connectivity index (χ1n) is 13.4. The summed E-state index contributed by atoms with van der Waals surface area (Å²) in [5.74, 6) is 1.36. The van der Waals surface area contributed by atoms with Gasteiger partial charge < -0.3 is 19.9 Å². The fourth-order valence-electron chi connectivity index (χ4n) is 5.55. The smallest absolute Gasteiger partial charge is 0.227 e. The summed E-state index contributed by atoms with van der Waals surface area (Å²) < 4.78 is 7.81. The van der Waals surface area contributed by atoms with Gasteiger partial charge in [0, 0.05) is 62.4 Å². The molecule has 2 aromatic heterocycles. The van der Waals surface area contributed by atoms with Gasteiger partial charge in [-0.3, -0.25) is 4.68 Å². The van der Waals surface area contributed by atoms with E-state index in [1.54, 1.807) is 7.11 Å². The van der Waals surface area contributed by atoms with Crippen LogP contribution in [0.2, 0.25) is 0 Å².